The third-order valence-corrected chi connectivity index (χ3v) is 3.67. The van der Waals surface area contributed by atoms with Gasteiger partial charge in [-0.2, -0.15) is 5.10 Å². The van der Waals surface area contributed by atoms with E-state index >= 15 is 0 Å². The Morgan fingerprint density at radius 2 is 2.12 bits per heavy atom. The third-order valence-electron chi connectivity index (χ3n) is 3.67. The van der Waals surface area contributed by atoms with Crippen LogP contribution in [0.1, 0.15) is 46.5 Å². The fourth-order valence-electron chi connectivity index (χ4n) is 2.39. The van der Waals surface area contributed by atoms with Crippen molar-refractivity contribution in [2.75, 3.05) is 5.32 Å². The van der Waals surface area contributed by atoms with Gasteiger partial charge in [0.25, 0.3) is 0 Å². The summed E-state index contributed by atoms with van der Waals surface area (Å²) in [5, 5.41) is 7.87. The standard InChI is InChI=1S/C13H23N3/c1-4-16-10-12(9-14-16)15-11-5-7-13(2,3)8-6-11/h9-11,15H,4-8H2,1-3H3. The third kappa shape index (κ3) is 2.77. The van der Waals surface area contributed by atoms with E-state index in [0.29, 0.717) is 11.5 Å². The van der Waals surface area contributed by atoms with Crippen molar-refractivity contribution in [2.24, 2.45) is 5.41 Å². The Labute approximate surface area is 98.2 Å². The highest BCUT2D eigenvalue weighted by Gasteiger charge is 2.26. The van der Waals surface area contributed by atoms with Crippen LogP contribution in [-0.2, 0) is 6.54 Å². The first kappa shape index (κ1) is 11.5. The molecule has 1 aliphatic carbocycles. The fourth-order valence-corrected chi connectivity index (χ4v) is 2.39. The molecule has 1 aromatic rings. The molecule has 1 N–H and O–H groups in total. The highest BCUT2D eigenvalue weighted by atomic mass is 15.3. The summed E-state index contributed by atoms with van der Waals surface area (Å²) in [5.74, 6) is 0. The molecule has 3 heteroatoms. The number of nitrogens with one attached hydrogen (secondary N) is 1. The Bertz CT molecular complexity index is 331. The van der Waals surface area contributed by atoms with Gasteiger partial charge in [0.15, 0.2) is 0 Å². The smallest absolute Gasteiger partial charge is 0.0728 e. The molecule has 0 aromatic carbocycles. The second-order valence-corrected chi connectivity index (χ2v) is 5.67. The van der Waals surface area contributed by atoms with Gasteiger partial charge >= 0.3 is 0 Å². The largest absolute Gasteiger partial charge is 0.380 e. The molecule has 0 atom stereocenters. The van der Waals surface area contributed by atoms with E-state index in [1.165, 1.54) is 31.4 Å². The van der Waals surface area contributed by atoms with Crippen LogP contribution in [0.15, 0.2) is 12.4 Å². The first-order chi connectivity index (χ1) is 7.59. The molecule has 0 aliphatic heterocycles. The zero-order valence-electron chi connectivity index (χ0n) is 10.7. The van der Waals surface area contributed by atoms with Crippen LogP contribution in [0.5, 0.6) is 0 Å². The first-order valence-corrected chi connectivity index (χ1v) is 6.38. The van der Waals surface area contributed by atoms with Crippen LogP contribution in [0.25, 0.3) is 0 Å². The van der Waals surface area contributed by atoms with Gasteiger partial charge in [0.1, 0.15) is 0 Å². The van der Waals surface area contributed by atoms with Crippen molar-refractivity contribution in [1.82, 2.24) is 9.78 Å². The molecule has 1 heterocycles. The van der Waals surface area contributed by atoms with Gasteiger partial charge in [0.05, 0.1) is 11.9 Å². The molecule has 1 aromatic heterocycles. The van der Waals surface area contributed by atoms with Crippen molar-refractivity contribution < 1.29 is 0 Å². The lowest BCUT2D eigenvalue weighted by Gasteiger charge is -2.34. The molecule has 0 unspecified atom stereocenters. The van der Waals surface area contributed by atoms with Crippen LogP contribution in [0, 0.1) is 5.41 Å². The molecular formula is C13H23N3. The molecule has 16 heavy (non-hydrogen) atoms. The molecule has 2 rings (SSSR count). The molecule has 1 aliphatic rings. The molecule has 0 radical (unpaired) electrons. The van der Waals surface area contributed by atoms with Crippen molar-refractivity contribution >= 4 is 5.69 Å². The van der Waals surface area contributed by atoms with Gasteiger partial charge in [-0.05, 0) is 38.0 Å². The maximum atomic E-state index is 4.28. The number of anilines is 1. The van der Waals surface area contributed by atoms with Crippen LogP contribution in [0.4, 0.5) is 5.69 Å². The van der Waals surface area contributed by atoms with Crippen LogP contribution >= 0.6 is 0 Å². The Hall–Kier alpha value is -0.990. The van der Waals surface area contributed by atoms with Crippen molar-refractivity contribution in [1.29, 1.82) is 0 Å². The fraction of sp³-hybridized carbons (Fsp3) is 0.769. The Balaban J connectivity index is 1.87. The summed E-state index contributed by atoms with van der Waals surface area (Å²) in [6.45, 7) is 7.80. The quantitative estimate of drug-likeness (QED) is 0.849. The van der Waals surface area contributed by atoms with Crippen molar-refractivity contribution in [3.05, 3.63) is 12.4 Å². The summed E-state index contributed by atoms with van der Waals surface area (Å²) in [6, 6.07) is 0.641. The first-order valence-electron chi connectivity index (χ1n) is 6.38. The van der Waals surface area contributed by atoms with Crippen molar-refractivity contribution in [2.45, 2.75) is 59.0 Å². The summed E-state index contributed by atoms with van der Waals surface area (Å²) in [7, 11) is 0. The van der Waals surface area contributed by atoms with E-state index in [1.807, 2.05) is 10.9 Å². The van der Waals surface area contributed by atoms with Crippen LogP contribution < -0.4 is 5.32 Å². The summed E-state index contributed by atoms with van der Waals surface area (Å²) < 4.78 is 1.97. The van der Waals surface area contributed by atoms with E-state index < -0.39 is 0 Å². The summed E-state index contributed by atoms with van der Waals surface area (Å²) >= 11 is 0. The van der Waals surface area contributed by atoms with Gasteiger partial charge in [-0.3, -0.25) is 4.68 Å². The molecule has 0 spiro atoms. The summed E-state index contributed by atoms with van der Waals surface area (Å²) in [6.07, 6.45) is 9.25. The van der Waals surface area contributed by atoms with Gasteiger partial charge < -0.3 is 5.32 Å². The topological polar surface area (TPSA) is 29.9 Å². The maximum absolute atomic E-state index is 4.28. The van der Waals surface area contributed by atoms with Gasteiger partial charge in [-0.25, -0.2) is 0 Å². The van der Waals surface area contributed by atoms with Gasteiger partial charge in [0, 0.05) is 18.8 Å². The molecule has 1 fully saturated rings. The zero-order chi connectivity index (χ0) is 11.6. The van der Waals surface area contributed by atoms with Gasteiger partial charge in [-0.1, -0.05) is 13.8 Å². The molecular weight excluding hydrogens is 198 g/mol. The highest BCUT2D eigenvalue weighted by Crippen LogP contribution is 2.35. The molecule has 90 valence electrons. The molecule has 0 bridgehead atoms. The number of hydrogen-bond acceptors (Lipinski definition) is 2. The van der Waals surface area contributed by atoms with E-state index in [1.54, 1.807) is 0 Å². The lowest BCUT2D eigenvalue weighted by Crippen LogP contribution is -2.29. The van der Waals surface area contributed by atoms with Crippen molar-refractivity contribution in [3.8, 4) is 0 Å². The average Bonchev–Trinajstić information content (AvgIpc) is 2.69. The minimum Gasteiger partial charge on any atom is -0.380 e. The average molecular weight is 221 g/mol. The molecule has 3 nitrogen and oxygen atoms in total. The van der Waals surface area contributed by atoms with Crippen LogP contribution in [0.2, 0.25) is 0 Å². The second kappa shape index (κ2) is 4.48. The van der Waals surface area contributed by atoms with E-state index in [0.717, 1.165) is 6.54 Å². The van der Waals surface area contributed by atoms with Crippen molar-refractivity contribution in [3.63, 3.8) is 0 Å². The predicted octanol–water partition coefficient (Wildman–Crippen LogP) is 3.28. The van der Waals surface area contributed by atoms with E-state index in [9.17, 15) is 0 Å². The monoisotopic (exact) mass is 221 g/mol. The Morgan fingerprint density at radius 3 is 2.69 bits per heavy atom. The van der Waals surface area contributed by atoms with Gasteiger partial charge in [-0.15, -0.1) is 0 Å². The van der Waals surface area contributed by atoms with Crippen LogP contribution in [0.3, 0.4) is 0 Å². The minimum atomic E-state index is 0.547. The van der Waals surface area contributed by atoms with E-state index in [-0.39, 0.29) is 0 Å². The molecule has 0 saturated heterocycles. The zero-order valence-corrected chi connectivity index (χ0v) is 10.7. The Morgan fingerprint density at radius 1 is 1.44 bits per heavy atom. The number of hydrogen-bond donors (Lipinski definition) is 1. The summed E-state index contributed by atoms with van der Waals surface area (Å²) in [5.41, 5.74) is 1.72. The number of rotatable bonds is 3. The lowest BCUT2D eigenvalue weighted by molar-refractivity contribution is 0.232. The normalized spacial score (nSPS) is 20.9. The molecule has 1 saturated carbocycles. The number of aromatic nitrogens is 2. The van der Waals surface area contributed by atoms with E-state index in [2.05, 4.69) is 37.4 Å². The van der Waals surface area contributed by atoms with Gasteiger partial charge in [0.2, 0.25) is 0 Å². The number of aryl methyl sites for hydroxylation is 1. The minimum absolute atomic E-state index is 0.547. The second-order valence-electron chi connectivity index (χ2n) is 5.67. The van der Waals surface area contributed by atoms with Crippen LogP contribution in [-0.4, -0.2) is 15.8 Å². The highest BCUT2D eigenvalue weighted by molar-refractivity contribution is 5.39. The predicted molar refractivity (Wildman–Crippen MR) is 67.6 cm³/mol. The van der Waals surface area contributed by atoms with E-state index in [4.69, 9.17) is 0 Å². The Kier molecular flexibility index (Phi) is 3.22. The molecule has 0 amide bonds. The lowest BCUT2D eigenvalue weighted by atomic mass is 9.75. The maximum Gasteiger partial charge on any atom is 0.0728 e. The summed E-state index contributed by atoms with van der Waals surface area (Å²) in [4.78, 5) is 0. The number of nitrogens with zero attached hydrogens (tertiary/aromatic N) is 2. The SMILES string of the molecule is CCn1cc(NC2CCC(C)(C)CC2)cn1.